The van der Waals surface area contributed by atoms with Gasteiger partial charge in [0.2, 0.25) is 5.91 Å². The van der Waals surface area contributed by atoms with Gasteiger partial charge in [-0.2, -0.15) is 0 Å². The van der Waals surface area contributed by atoms with E-state index in [1.54, 1.807) is 13.0 Å². The minimum atomic E-state index is -0.715. The van der Waals surface area contributed by atoms with Crippen LogP contribution < -0.4 is 5.32 Å². The van der Waals surface area contributed by atoms with Crippen LogP contribution in [0.15, 0.2) is 12.1 Å². The van der Waals surface area contributed by atoms with Gasteiger partial charge in [-0.15, -0.1) is 0 Å². The van der Waals surface area contributed by atoms with E-state index in [9.17, 15) is 14.4 Å². The highest BCUT2D eigenvalue weighted by Crippen LogP contribution is 2.30. The van der Waals surface area contributed by atoms with Crippen molar-refractivity contribution >= 4 is 23.5 Å². The van der Waals surface area contributed by atoms with Gasteiger partial charge in [-0.3, -0.25) is 4.79 Å². The van der Waals surface area contributed by atoms with Crippen LogP contribution in [0.3, 0.4) is 0 Å². The van der Waals surface area contributed by atoms with Gasteiger partial charge < -0.3 is 10.1 Å². The summed E-state index contributed by atoms with van der Waals surface area (Å²) in [5.74, 6) is -1.69. The standard InChI is InChI=1S/C11H9NO4/c1-5-3-4-7-8(9(5)12-6(2)13)11(15)16-10(7)14/h3-4H,1-2H3,(H,12,13). The zero-order valence-electron chi connectivity index (χ0n) is 8.79. The second-order valence-electron chi connectivity index (χ2n) is 3.54. The van der Waals surface area contributed by atoms with E-state index in [-0.39, 0.29) is 17.0 Å². The van der Waals surface area contributed by atoms with Gasteiger partial charge in [0.25, 0.3) is 0 Å². The summed E-state index contributed by atoms with van der Waals surface area (Å²) in [6.45, 7) is 3.07. The molecule has 5 nitrogen and oxygen atoms in total. The van der Waals surface area contributed by atoms with Crippen molar-refractivity contribution in [3.8, 4) is 0 Å². The molecule has 0 spiro atoms. The van der Waals surface area contributed by atoms with Gasteiger partial charge in [-0.05, 0) is 18.6 Å². The Labute approximate surface area is 91.4 Å². The maximum atomic E-state index is 11.4. The number of carbonyl (C=O) groups is 3. The maximum Gasteiger partial charge on any atom is 0.349 e. The molecule has 0 saturated heterocycles. The molecule has 16 heavy (non-hydrogen) atoms. The van der Waals surface area contributed by atoms with E-state index in [2.05, 4.69) is 10.1 Å². The Balaban J connectivity index is 2.64. The normalized spacial score (nSPS) is 13.4. The zero-order valence-corrected chi connectivity index (χ0v) is 8.79. The lowest BCUT2D eigenvalue weighted by Gasteiger charge is -2.08. The van der Waals surface area contributed by atoms with Crippen molar-refractivity contribution in [1.82, 2.24) is 0 Å². The van der Waals surface area contributed by atoms with Crippen LogP contribution in [0, 0.1) is 6.92 Å². The molecule has 1 amide bonds. The quantitative estimate of drug-likeness (QED) is 0.570. The summed E-state index contributed by atoms with van der Waals surface area (Å²) in [5.41, 5.74) is 1.39. The Kier molecular flexibility index (Phi) is 2.23. The molecule has 82 valence electrons. The minimum Gasteiger partial charge on any atom is -0.386 e. The highest BCUT2D eigenvalue weighted by molar-refractivity contribution is 6.18. The highest BCUT2D eigenvalue weighted by Gasteiger charge is 2.33. The average Bonchev–Trinajstić information content (AvgIpc) is 2.46. The first kappa shape index (κ1) is 10.4. The molecule has 0 atom stereocenters. The molecule has 1 N–H and O–H groups in total. The summed E-state index contributed by atoms with van der Waals surface area (Å²) < 4.78 is 4.48. The molecule has 0 saturated carbocycles. The van der Waals surface area contributed by atoms with Crippen molar-refractivity contribution in [2.75, 3.05) is 5.32 Å². The molecule has 1 aromatic rings. The number of carbonyl (C=O) groups excluding carboxylic acids is 3. The topological polar surface area (TPSA) is 72.5 Å². The van der Waals surface area contributed by atoms with Crippen molar-refractivity contribution in [3.63, 3.8) is 0 Å². The molecule has 0 bridgehead atoms. The number of amides is 1. The summed E-state index contributed by atoms with van der Waals surface area (Å²) >= 11 is 0. The van der Waals surface area contributed by atoms with Crippen molar-refractivity contribution < 1.29 is 19.1 Å². The first-order chi connectivity index (χ1) is 7.50. The molecule has 1 heterocycles. The summed E-state index contributed by atoms with van der Waals surface area (Å²) in [6, 6.07) is 3.17. The Bertz CT molecular complexity index is 519. The lowest BCUT2D eigenvalue weighted by atomic mass is 10.0. The smallest absolute Gasteiger partial charge is 0.349 e. The van der Waals surface area contributed by atoms with Crippen molar-refractivity contribution in [3.05, 3.63) is 28.8 Å². The predicted molar refractivity (Wildman–Crippen MR) is 55.2 cm³/mol. The predicted octanol–water partition coefficient (Wildman–Crippen LogP) is 1.26. The number of nitrogens with one attached hydrogen (secondary N) is 1. The van der Waals surface area contributed by atoms with E-state index >= 15 is 0 Å². The lowest BCUT2D eigenvalue weighted by molar-refractivity contribution is -0.114. The second kappa shape index (κ2) is 3.44. The fourth-order valence-corrected chi connectivity index (χ4v) is 1.62. The molecule has 0 aromatic heterocycles. The highest BCUT2D eigenvalue weighted by atomic mass is 16.6. The van der Waals surface area contributed by atoms with E-state index in [0.29, 0.717) is 11.3 Å². The largest absolute Gasteiger partial charge is 0.386 e. The van der Waals surface area contributed by atoms with Crippen LogP contribution in [0.1, 0.15) is 33.2 Å². The molecule has 0 aliphatic carbocycles. The first-order valence-electron chi connectivity index (χ1n) is 4.68. The van der Waals surface area contributed by atoms with Gasteiger partial charge in [0.05, 0.1) is 16.8 Å². The third-order valence-corrected chi connectivity index (χ3v) is 2.32. The number of fused-ring (bicyclic) bond motifs is 1. The summed E-state index contributed by atoms with van der Waals surface area (Å²) in [5, 5.41) is 2.53. The summed E-state index contributed by atoms with van der Waals surface area (Å²) in [7, 11) is 0. The number of esters is 2. The SMILES string of the molecule is CC(=O)Nc1c(C)ccc2c1C(=O)OC2=O. The average molecular weight is 219 g/mol. The summed E-state index contributed by atoms with van der Waals surface area (Å²) in [4.78, 5) is 33.7. The van der Waals surface area contributed by atoms with Crippen LogP contribution in [-0.4, -0.2) is 17.8 Å². The molecule has 1 aliphatic heterocycles. The van der Waals surface area contributed by atoms with Crippen molar-refractivity contribution in [2.24, 2.45) is 0 Å². The molecule has 0 radical (unpaired) electrons. The lowest BCUT2D eigenvalue weighted by Crippen LogP contribution is -2.11. The molecule has 0 unspecified atom stereocenters. The fourth-order valence-electron chi connectivity index (χ4n) is 1.62. The molecular weight excluding hydrogens is 210 g/mol. The number of anilines is 1. The fraction of sp³-hybridized carbons (Fsp3) is 0.182. The number of rotatable bonds is 1. The van der Waals surface area contributed by atoms with Gasteiger partial charge in [-0.25, -0.2) is 9.59 Å². The minimum absolute atomic E-state index is 0.139. The molecule has 5 heteroatoms. The van der Waals surface area contributed by atoms with Crippen LogP contribution in [0.2, 0.25) is 0 Å². The van der Waals surface area contributed by atoms with E-state index in [0.717, 1.165) is 0 Å². The van der Waals surface area contributed by atoms with Gasteiger partial charge in [0.15, 0.2) is 0 Å². The first-order valence-corrected chi connectivity index (χ1v) is 4.68. The number of aryl methyl sites for hydroxylation is 1. The van der Waals surface area contributed by atoms with Gasteiger partial charge in [0, 0.05) is 6.92 Å². The van der Waals surface area contributed by atoms with Crippen LogP contribution in [-0.2, 0) is 9.53 Å². The van der Waals surface area contributed by atoms with Crippen molar-refractivity contribution in [1.29, 1.82) is 0 Å². The van der Waals surface area contributed by atoms with E-state index in [1.807, 2.05) is 0 Å². The molecule has 2 rings (SSSR count). The zero-order chi connectivity index (χ0) is 11.9. The third-order valence-electron chi connectivity index (χ3n) is 2.32. The summed E-state index contributed by atoms with van der Waals surface area (Å²) in [6.07, 6.45) is 0. The number of hydrogen-bond acceptors (Lipinski definition) is 4. The number of benzene rings is 1. The van der Waals surface area contributed by atoms with Crippen LogP contribution in [0.5, 0.6) is 0 Å². The number of ether oxygens (including phenoxy) is 1. The second-order valence-corrected chi connectivity index (χ2v) is 3.54. The number of hydrogen-bond donors (Lipinski definition) is 1. The van der Waals surface area contributed by atoms with Crippen LogP contribution in [0.25, 0.3) is 0 Å². The molecular formula is C11H9NO4. The Morgan fingerprint density at radius 1 is 1.25 bits per heavy atom. The molecule has 1 aliphatic rings. The van der Waals surface area contributed by atoms with Crippen molar-refractivity contribution in [2.45, 2.75) is 13.8 Å². The van der Waals surface area contributed by atoms with Crippen LogP contribution >= 0.6 is 0 Å². The van der Waals surface area contributed by atoms with Gasteiger partial charge >= 0.3 is 11.9 Å². The van der Waals surface area contributed by atoms with E-state index in [4.69, 9.17) is 0 Å². The maximum absolute atomic E-state index is 11.4. The van der Waals surface area contributed by atoms with Crippen LogP contribution in [0.4, 0.5) is 5.69 Å². The van der Waals surface area contributed by atoms with E-state index < -0.39 is 11.9 Å². The third kappa shape index (κ3) is 1.46. The number of cyclic esters (lactones) is 2. The van der Waals surface area contributed by atoms with E-state index in [1.165, 1.54) is 13.0 Å². The Morgan fingerprint density at radius 2 is 1.94 bits per heavy atom. The monoisotopic (exact) mass is 219 g/mol. The molecule has 0 fully saturated rings. The van der Waals surface area contributed by atoms with Gasteiger partial charge in [0.1, 0.15) is 0 Å². The molecule has 1 aromatic carbocycles. The van der Waals surface area contributed by atoms with Gasteiger partial charge in [-0.1, -0.05) is 6.07 Å². The Morgan fingerprint density at radius 3 is 2.56 bits per heavy atom. The Hall–Kier alpha value is -2.17.